The molecular weight excluding hydrogens is 288 g/mol. The van der Waals surface area contributed by atoms with Crippen molar-refractivity contribution >= 4 is 0 Å². The Hall–Kier alpha value is -1.66. The lowest BCUT2D eigenvalue weighted by Gasteiger charge is -2.34. The minimum Gasteiger partial charge on any atom is -0.328 e. The molecule has 0 fully saturated rings. The van der Waals surface area contributed by atoms with Crippen LogP contribution in [0.1, 0.15) is 43.9 Å². The number of hydrogen-bond acceptors (Lipinski definition) is 4. The number of fused-ring (bicyclic) bond motifs is 1. The lowest BCUT2D eigenvalue weighted by Crippen LogP contribution is -2.37. The van der Waals surface area contributed by atoms with E-state index in [1.807, 2.05) is 17.9 Å². The van der Waals surface area contributed by atoms with E-state index in [1.54, 1.807) is 0 Å². The van der Waals surface area contributed by atoms with Gasteiger partial charge in [0.05, 0.1) is 17.9 Å². The second kappa shape index (κ2) is 6.45. The fraction of sp³-hybridized carbons (Fsp3) is 0.647. The van der Waals surface area contributed by atoms with E-state index in [-0.39, 0.29) is 0 Å². The van der Waals surface area contributed by atoms with Gasteiger partial charge in [0, 0.05) is 57.2 Å². The lowest BCUT2D eigenvalue weighted by atomic mass is 10.2. The fourth-order valence-electron chi connectivity index (χ4n) is 3.17. The van der Waals surface area contributed by atoms with Gasteiger partial charge >= 0.3 is 0 Å². The van der Waals surface area contributed by atoms with Crippen LogP contribution in [0, 0.1) is 0 Å². The summed E-state index contributed by atoms with van der Waals surface area (Å²) in [7, 11) is 4.14. The van der Waals surface area contributed by atoms with Gasteiger partial charge in [-0.2, -0.15) is 5.10 Å². The topological polar surface area (TPSA) is 42.1 Å². The van der Waals surface area contributed by atoms with Crippen LogP contribution in [0.4, 0.5) is 0 Å². The minimum atomic E-state index is 0.335. The van der Waals surface area contributed by atoms with Crippen LogP contribution < -0.4 is 0 Å². The highest BCUT2D eigenvalue weighted by atomic mass is 15.3. The summed E-state index contributed by atoms with van der Waals surface area (Å²) in [5, 5.41) is 4.27. The second-order valence-electron chi connectivity index (χ2n) is 6.94. The molecule has 126 valence electrons. The molecule has 6 nitrogen and oxygen atoms in total. The number of aryl methyl sites for hydroxylation is 1. The Balaban J connectivity index is 1.73. The summed E-state index contributed by atoms with van der Waals surface area (Å²) in [4.78, 5) is 9.56. The van der Waals surface area contributed by atoms with Crippen LogP contribution >= 0.6 is 0 Å². The molecule has 2 aromatic heterocycles. The summed E-state index contributed by atoms with van der Waals surface area (Å²) in [6.45, 7) is 10.7. The molecule has 0 amide bonds. The maximum atomic E-state index is 4.72. The summed E-state index contributed by atoms with van der Waals surface area (Å²) in [5.41, 5.74) is 2.59. The summed E-state index contributed by atoms with van der Waals surface area (Å²) in [6, 6.07) is 0.881. The summed E-state index contributed by atoms with van der Waals surface area (Å²) >= 11 is 0. The quantitative estimate of drug-likeness (QED) is 0.846. The highest BCUT2D eigenvalue weighted by Crippen LogP contribution is 2.27. The molecule has 0 saturated heterocycles. The van der Waals surface area contributed by atoms with Crippen molar-refractivity contribution in [2.24, 2.45) is 7.05 Å². The van der Waals surface area contributed by atoms with Crippen molar-refractivity contribution < 1.29 is 0 Å². The first-order chi connectivity index (χ1) is 11.0. The highest BCUT2D eigenvalue weighted by molar-refractivity contribution is 5.12. The van der Waals surface area contributed by atoms with Crippen LogP contribution in [-0.2, 0) is 26.7 Å². The molecule has 6 heteroatoms. The number of imidazole rings is 1. The molecule has 0 aromatic carbocycles. The molecule has 23 heavy (non-hydrogen) atoms. The van der Waals surface area contributed by atoms with Crippen molar-refractivity contribution in [1.82, 2.24) is 29.1 Å². The molecule has 3 heterocycles. The zero-order chi connectivity index (χ0) is 16.6. The molecule has 1 aliphatic heterocycles. The molecule has 0 spiro atoms. The Morgan fingerprint density at radius 2 is 2.09 bits per heavy atom. The third-order valence-electron chi connectivity index (χ3n) is 4.94. The predicted molar refractivity (Wildman–Crippen MR) is 90.9 cm³/mol. The molecule has 1 aliphatic rings. The zero-order valence-corrected chi connectivity index (χ0v) is 14.9. The van der Waals surface area contributed by atoms with Gasteiger partial charge in [-0.1, -0.05) is 0 Å². The van der Waals surface area contributed by atoms with Crippen LogP contribution in [0.5, 0.6) is 0 Å². The van der Waals surface area contributed by atoms with Crippen LogP contribution in [0.25, 0.3) is 0 Å². The Morgan fingerprint density at radius 1 is 1.30 bits per heavy atom. The molecule has 0 saturated carbocycles. The molecule has 2 aromatic rings. The van der Waals surface area contributed by atoms with Crippen molar-refractivity contribution in [2.45, 2.75) is 52.5 Å². The monoisotopic (exact) mass is 316 g/mol. The van der Waals surface area contributed by atoms with Crippen LogP contribution in [0.15, 0.2) is 18.6 Å². The summed E-state index contributed by atoms with van der Waals surface area (Å²) < 4.78 is 4.27. The third kappa shape index (κ3) is 3.33. The fourth-order valence-corrected chi connectivity index (χ4v) is 3.17. The second-order valence-corrected chi connectivity index (χ2v) is 6.94. The van der Waals surface area contributed by atoms with Gasteiger partial charge in [-0.05, 0) is 27.8 Å². The van der Waals surface area contributed by atoms with E-state index in [2.05, 4.69) is 59.7 Å². The van der Waals surface area contributed by atoms with Gasteiger partial charge in [-0.3, -0.25) is 14.5 Å². The van der Waals surface area contributed by atoms with E-state index in [0.29, 0.717) is 12.1 Å². The molecule has 0 unspecified atom stereocenters. The SMILES string of the molecule is CC(C)N(C)Cc1cnc2n1CCN(Cc1cnn(C)c1)[C@H]2C. The molecule has 0 aliphatic carbocycles. The first-order valence-electron chi connectivity index (χ1n) is 8.42. The zero-order valence-electron chi connectivity index (χ0n) is 14.9. The van der Waals surface area contributed by atoms with Crippen molar-refractivity contribution in [3.8, 4) is 0 Å². The van der Waals surface area contributed by atoms with Crippen molar-refractivity contribution in [1.29, 1.82) is 0 Å². The van der Waals surface area contributed by atoms with Gasteiger partial charge in [0.25, 0.3) is 0 Å². The van der Waals surface area contributed by atoms with E-state index >= 15 is 0 Å². The van der Waals surface area contributed by atoms with Gasteiger partial charge in [0.1, 0.15) is 5.82 Å². The molecule has 1 atom stereocenters. The Morgan fingerprint density at radius 3 is 2.74 bits per heavy atom. The maximum Gasteiger partial charge on any atom is 0.126 e. The van der Waals surface area contributed by atoms with Gasteiger partial charge in [0.2, 0.25) is 0 Å². The standard InChI is InChI=1S/C17H28N6/c1-13(2)20(4)12-16-9-18-17-14(3)22(6-7-23(16)17)11-15-8-19-21(5)10-15/h8-10,13-14H,6-7,11-12H2,1-5H3/t14-/m0/s1. The van der Waals surface area contributed by atoms with Crippen molar-refractivity contribution in [3.63, 3.8) is 0 Å². The van der Waals surface area contributed by atoms with E-state index in [9.17, 15) is 0 Å². The maximum absolute atomic E-state index is 4.72. The van der Waals surface area contributed by atoms with Crippen LogP contribution in [0.3, 0.4) is 0 Å². The van der Waals surface area contributed by atoms with Crippen molar-refractivity contribution in [2.75, 3.05) is 13.6 Å². The minimum absolute atomic E-state index is 0.335. The van der Waals surface area contributed by atoms with Crippen LogP contribution in [-0.4, -0.2) is 48.8 Å². The van der Waals surface area contributed by atoms with E-state index < -0.39 is 0 Å². The molecule has 0 N–H and O–H groups in total. The Kier molecular flexibility index (Phi) is 4.55. The molecular formula is C17H28N6. The third-order valence-corrected chi connectivity index (χ3v) is 4.94. The average Bonchev–Trinajstić information content (AvgIpc) is 3.09. The predicted octanol–water partition coefficient (Wildman–Crippen LogP) is 2.03. The Bertz CT molecular complexity index is 656. The first-order valence-corrected chi connectivity index (χ1v) is 8.42. The number of hydrogen-bond donors (Lipinski definition) is 0. The molecule has 0 radical (unpaired) electrons. The van der Waals surface area contributed by atoms with E-state index in [4.69, 9.17) is 4.98 Å². The number of nitrogens with zero attached hydrogens (tertiary/aromatic N) is 6. The molecule has 0 bridgehead atoms. The number of aromatic nitrogens is 4. The molecule has 3 rings (SSSR count). The Labute approximate surface area is 138 Å². The average molecular weight is 316 g/mol. The van der Waals surface area contributed by atoms with Gasteiger partial charge < -0.3 is 4.57 Å². The highest BCUT2D eigenvalue weighted by Gasteiger charge is 2.27. The van der Waals surface area contributed by atoms with Crippen LogP contribution in [0.2, 0.25) is 0 Å². The first kappa shape index (κ1) is 16.2. The smallest absolute Gasteiger partial charge is 0.126 e. The normalized spacial score (nSPS) is 18.8. The lowest BCUT2D eigenvalue weighted by molar-refractivity contribution is 0.152. The van der Waals surface area contributed by atoms with Gasteiger partial charge in [-0.15, -0.1) is 0 Å². The van der Waals surface area contributed by atoms with E-state index in [1.165, 1.54) is 17.1 Å². The summed E-state index contributed by atoms with van der Waals surface area (Å²) in [5.74, 6) is 1.19. The van der Waals surface area contributed by atoms with Gasteiger partial charge in [-0.25, -0.2) is 4.98 Å². The largest absolute Gasteiger partial charge is 0.328 e. The van der Waals surface area contributed by atoms with Crippen molar-refractivity contribution in [3.05, 3.63) is 35.7 Å². The van der Waals surface area contributed by atoms with Gasteiger partial charge in [0.15, 0.2) is 0 Å². The number of rotatable bonds is 5. The van der Waals surface area contributed by atoms with E-state index in [0.717, 1.165) is 26.2 Å². The summed E-state index contributed by atoms with van der Waals surface area (Å²) in [6.07, 6.45) is 6.10.